The third kappa shape index (κ3) is 2.65. The summed E-state index contributed by atoms with van der Waals surface area (Å²) in [6, 6.07) is 12.5. The van der Waals surface area contributed by atoms with Gasteiger partial charge in [0, 0.05) is 10.0 Å². The molecule has 0 aliphatic carbocycles. The zero-order valence-corrected chi connectivity index (χ0v) is 12.4. The Morgan fingerprint density at radius 1 is 1.16 bits per heavy atom. The molecule has 0 amide bonds. The average Bonchev–Trinajstić information content (AvgIpc) is 2.39. The van der Waals surface area contributed by atoms with Crippen LogP contribution in [0.15, 0.2) is 46.9 Å². The maximum Gasteiger partial charge on any atom is 0.170 e. The molecule has 2 aromatic rings. The summed E-state index contributed by atoms with van der Waals surface area (Å²) in [4.78, 5) is 0. The molecule has 2 aromatic carbocycles. The van der Waals surface area contributed by atoms with Crippen LogP contribution in [0.1, 0.15) is 18.1 Å². The molecule has 0 heterocycles. The molecule has 0 aliphatic rings. The van der Waals surface area contributed by atoms with Gasteiger partial charge in [-0.3, -0.25) is 0 Å². The van der Waals surface area contributed by atoms with Crippen LogP contribution in [-0.2, 0) is 5.54 Å². The predicted octanol–water partition coefficient (Wildman–Crippen LogP) is 3.82. The summed E-state index contributed by atoms with van der Waals surface area (Å²) in [7, 11) is 1.44. The summed E-state index contributed by atoms with van der Waals surface area (Å²) < 4.78 is 20.3. The van der Waals surface area contributed by atoms with E-state index < -0.39 is 11.4 Å². The summed E-state index contributed by atoms with van der Waals surface area (Å²) in [5, 5.41) is 0. The standard InChI is InChI=1S/C15H15BrFNO/c1-15(18,10-6-8-11(16)9-7-10)12-4-3-5-13(19-2)14(12)17/h3-9H,18H2,1-2H3. The van der Waals surface area contributed by atoms with Gasteiger partial charge in [0.25, 0.3) is 0 Å². The largest absolute Gasteiger partial charge is 0.494 e. The Morgan fingerprint density at radius 3 is 2.37 bits per heavy atom. The second-order valence-electron chi connectivity index (χ2n) is 4.53. The molecular weight excluding hydrogens is 309 g/mol. The van der Waals surface area contributed by atoms with Crippen molar-refractivity contribution in [2.75, 3.05) is 7.11 Å². The molecule has 0 radical (unpaired) electrons. The fraction of sp³-hybridized carbons (Fsp3) is 0.200. The van der Waals surface area contributed by atoms with E-state index in [0.717, 1.165) is 10.0 Å². The van der Waals surface area contributed by atoms with Crippen molar-refractivity contribution in [1.29, 1.82) is 0 Å². The average molecular weight is 324 g/mol. The first-order valence-electron chi connectivity index (χ1n) is 5.84. The molecular formula is C15H15BrFNO. The van der Waals surface area contributed by atoms with E-state index in [1.807, 2.05) is 24.3 Å². The van der Waals surface area contributed by atoms with Crippen LogP contribution in [-0.4, -0.2) is 7.11 Å². The first kappa shape index (κ1) is 14.0. The number of halogens is 2. The second kappa shape index (κ2) is 5.31. The number of ether oxygens (including phenoxy) is 1. The molecule has 2 nitrogen and oxygen atoms in total. The lowest BCUT2D eigenvalue weighted by Crippen LogP contribution is -2.35. The van der Waals surface area contributed by atoms with Gasteiger partial charge in [-0.05, 0) is 30.7 Å². The lowest BCUT2D eigenvalue weighted by atomic mass is 9.85. The fourth-order valence-electron chi connectivity index (χ4n) is 2.02. The molecule has 100 valence electrons. The maximum absolute atomic E-state index is 14.3. The van der Waals surface area contributed by atoms with E-state index in [4.69, 9.17) is 10.5 Å². The fourth-order valence-corrected chi connectivity index (χ4v) is 2.29. The van der Waals surface area contributed by atoms with E-state index >= 15 is 0 Å². The quantitative estimate of drug-likeness (QED) is 0.931. The van der Waals surface area contributed by atoms with Crippen LogP contribution in [0.4, 0.5) is 4.39 Å². The van der Waals surface area contributed by atoms with Crippen molar-refractivity contribution >= 4 is 15.9 Å². The summed E-state index contributed by atoms with van der Waals surface area (Å²) >= 11 is 3.37. The molecule has 0 bridgehead atoms. The van der Waals surface area contributed by atoms with E-state index in [9.17, 15) is 4.39 Å². The molecule has 0 saturated heterocycles. The Labute approximate surface area is 120 Å². The summed E-state index contributed by atoms with van der Waals surface area (Å²) in [5.41, 5.74) is 6.65. The third-order valence-corrected chi connectivity index (χ3v) is 3.72. The van der Waals surface area contributed by atoms with Gasteiger partial charge in [-0.2, -0.15) is 0 Å². The van der Waals surface area contributed by atoms with Gasteiger partial charge in [0.2, 0.25) is 0 Å². The topological polar surface area (TPSA) is 35.2 Å². The van der Waals surface area contributed by atoms with Crippen LogP contribution < -0.4 is 10.5 Å². The number of nitrogens with two attached hydrogens (primary N) is 1. The van der Waals surface area contributed by atoms with E-state index in [0.29, 0.717) is 5.56 Å². The minimum absolute atomic E-state index is 0.200. The number of hydrogen-bond donors (Lipinski definition) is 1. The van der Waals surface area contributed by atoms with Gasteiger partial charge in [-0.25, -0.2) is 4.39 Å². The molecule has 0 fully saturated rings. The Hall–Kier alpha value is -1.39. The van der Waals surface area contributed by atoms with Crippen LogP contribution in [0.25, 0.3) is 0 Å². The lowest BCUT2D eigenvalue weighted by molar-refractivity contribution is 0.379. The normalized spacial score (nSPS) is 13.9. The maximum atomic E-state index is 14.3. The van der Waals surface area contributed by atoms with Crippen LogP contribution in [0.5, 0.6) is 5.75 Å². The highest BCUT2D eigenvalue weighted by atomic mass is 79.9. The van der Waals surface area contributed by atoms with Crippen molar-refractivity contribution in [3.8, 4) is 5.75 Å². The SMILES string of the molecule is COc1cccc(C(C)(N)c2ccc(Br)cc2)c1F. The van der Waals surface area contributed by atoms with E-state index in [-0.39, 0.29) is 5.75 Å². The van der Waals surface area contributed by atoms with Crippen molar-refractivity contribution in [2.45, 2.75) is 12.5 Å². The monoisotopic (exact) mass is 323 g/mol. The Balaban J connectivity index is 2.53. The molecule has 0 aliphatic heterocycles. The van der Waals surface area contributed by atoms with Crippen molar-refractivity contribution in [3.63, 3.8) is 0 Å². The van der Waals surface area contributed by atoms with Gasteiger partial charge >= 0.3 is 0 Å². The van der Waals surface area contributed by atoms with Crippen LogP contribution in [0.3, 0.4) is 0 Å². The summed E-state index contributed by atoms with van der Waals surface area (Å²) in [6.45, 7) is 1.79. The van der Waals surface area contributed by atoms with E-state index in [1.165, 1.54) is 7.11 Å². The summed E-state index contributed by atoms with van der Waals surface area (Å²) in [5.74, 6) is -0.218. The smallest absolute Gasteiger partial charge is 0.170 e. The number of hydrogen-bond acceptors (Lipinski definition) is 2. The van der Waals surface area contributed by atoms with Crippen LogP contribution >= 0.6 is 15.9 Å². The Bertz CT molecular complexity index is 581. The van der Waals surface area contributed by atoms with Crippen molar-refractivity contribution in [3.05, 3.63) is 63.9 Å². The highest BCUT2D eigenvalue weighted by Gasteiger charge is 2.28. The molecule has 0 aromatic heterocycles. The number of rotatable bonds is 3. The first-order valence-corrected chi connectivity index (χ1v) is 6.64. The molecule has 0 spiro atoms. The Morgan fingerprint density at radius 2 is 1.79 bits per heavy atom. The minimum Gasteiger partial charge on any atom is -0.494 e. The van der Waals surface area contributed by atoms with E-state index in [2.05, 4.69) is 15.9 Å². The molecule has 19 heavy (non-hydrogen) atoms. The highest BCUT2D eigenvalue weighted by Crippen LogP contribution is 2.32. The van der Waals surface area contributed by atoms with Gasteiger partial charge in [-0.15, -0.1) is 0 Å². The van der Waals surface area contributed by atoms with Crippen molar-refractivity contribution in [1.82, 2.24) is 0 Å². The number of benzene rings is 2. The zero-order chi connectivity index (χ0) is 14.0. The minimum atomic E-state index is -0.917. The highest BCUT2D eigenvalue weighted by molar-refractivity contribution is 9.10. The van der Waals surface area contributed by atoms with E-state index in [1.54, 1.807) is 25.1 Å². The molecule has 1 unspecified atom stereocenters. The Kier molecular flexibility index (Phi) is 3.92. The zero-order valence-electron chi connectivity index (χ0n) is 10.8. The van der Waals surface area contributed by atoms with Crippen LogP contribution in [0, 0.1) is 5.82 Å². The third-order valence-electron chi connectivity index (χ3n) is 3.19. The molecule has 0 saturated carbocycles. The first-order chi connectivity index (χ1) is 8.96. The van der Waals surface area contributed by atoms with Gasteiger partial charge in [0.1, 0.15) is 0 Å². The second-order valence-corrected chi connectivity index (χ2v) is 5.45. The number of methoxy groups -OCH3 is 1. The van der Waals surface area contributed by atoms with Crippen LogP contribution in [0.2, 0.25) is 0 Å². The van der Waals surface area contributed by atoms with Gasteiger partial charge in [0.15, 0.2) is 11.6 Å². The van der Waals surface area contributed by atoms with Gasteiger partial charge in [0.05, 0.1) is 12.6 Å². The molecule has 4 heteroatoms. The van der Waals surface area contributed by atoms with Crippen molar-refractivity contribution < 1.29 is 9.13 Å². The molecule has 1 atom stereocenters. The van der Waals surface area contributed by atoms with Gasteiger partial charge < -0.3 is 10.5 Å². The predicted molar refractivity (Wildman–Crippen MR) is 77.7 cm³/mol. The molecule has 2 rings (SSSR count). The molecule has 2 N–H and O–H groups in total. The van der Waals surface area contributed by atoms with Gasteiger partial charge in [-0.1, -0.05) is 40.2 Å². The van der Waals surface area contributed by atoms with Crippen molar-refractivity contribution in [2.24, 2.45) is 5.73 Å². The summed E-state index contributed by atoms with van der Waals surface area (Å²) in [6.07, 6.45) is 0. The lowest BCUT2D eigenvalue weighted by Gasteiger charge is -2.27.